The van der Waals surface area contributed by atoms with Crippen LogP contribution in [-0.2, 0) is 9.53 Å². The molecule has 1 saturated carbocycles. The predicted octanol–water partition coefficient (Wildman–Crippen LogP) is 1.55. The molecule has 1 atom stereocenters. The fourth-order valence-electron chi connectivity index (χ4n) is 2.93. The van der Waals surface area contributed by atoms with Crippen LogP contribution in [0.1, 0.15) is 45.4 Å². The van der Waals surface area contributed by atoms with Gasteiger partial charge in [0, 0.05) is 19.1 Å². The van der Waals surface area contributed by atoms with E-state index in [4.69, 9.17) is 4.74 Å². The summed E-state index contributed by atoms with van der Waals surface area (Å²) in [6.07, 6.45) is 7.75. The molecule has 2 rings (SSSR count). The van der Waals surface area contributed by atoms with Gasteiger partial charge in [-0.15, -0.1) is 0 Å². The van der Waals surface area contributed by atoms with E-state index in [1.165, 1.54) is 38.5 Å². The van der Waals surface area contributed by atoms with Crippen molar-refractivity contribution in [2.45, 2.75) is 57.5 Å². The molecule has 0 aromatic heterocycles. The first kappa shape index (κ1) is 13.8. The van der Waals surface area contributed by atoms with Crippen molar-refractivity contribution in [1.29, 1.82) is 0 Å². The second kappa shape index (κ2) is 7.10. The second-order valence-electron chi connectivity index (χ2n) is 5.51. The molecule has 1 aliphatic heterocycles. The standard InChI is InChI=1S/C14H26N2O2/c1-12(14(17)16-8-10-18-11-9-16)15-13-6-4-2-3-5-7-13/h12-13,15H,2-11H2,1H3. The zero-order valence-electron chi connectivity index (χ0n) is 11.5. The fraction of sp³-hybridized carbons (Fsp3) is 0.929. The molecule has 0 aromatic carbocycles. The zero-order valence-corrected chi connectivity index (χ0v) is 11.5. The summed E-state index contributed by atoms with van der Waals surface area (Å²) < 4.78 is 5.28. The van der Waals surface area contributed by atoms with Crippen LogP contribution in [0.3, 0.4) is 0 Å². The number of rotatable bonds is 3. The molecule has 2 fully saturated rings. The van der Waals surface area contributed by atoms with Crippen LogP contribution >= 0.6 is 0 Å². The Morgan fingerprint density at radius 2 is 1.78 bits per heavy atom. The highest BCUT2D eigenvalue weighted by Crippen LogP contribution is 2.17. The quantitative estimate of drug-likeness (QED) is 0.777. The maximum Gasteiger partial charge on any atom is 0.239 e. The Hall–Kier alpha value is -0.610. The maximum atomic E-state index is 12.3. The van der Waals surface area contributed by atoms with Gasteiger partial charge >= 0.3 is 0 Å². The van der Waals surface area contributed by atoms with Crippen LogP contribution in [0.15, 0.2) is 0 Å². The Kier molecular flexibility index (Phi) is 5.45. The van der Waals surface area contributed by atoms with Gasteiger partial charge in [-0.25, -0.2) is 0 Å². The highest BCUT2D eigenvalue weighted by Gasteiger charge is 2.24. The van der Waals surface area contributed by atoms with Crippen molar-refractivity contribution in [2.75, 3.05) is 26.3 Å². The molecular formula is C14H26N2O2. The van der Waals surface area contributed by atoms with Crippen LogP contribution < -0.4 is 5.32 Å². The number of morpholine rings is 1. The number of amides is 1. The molecule has 0 bridgehead atoms. The molecule has 18 heavy (non-hydrogen) atoms. The van der Waals surface area contributed by atoms with Gasteiger partial charge in [0.1, 0.15) is 0 Å². The molecule has 1 amide bonds. The summed E-state index contributed by atoms with van der Waals surface area (Å²) in [4.78, 5) is 14.2. The Morgan fingerprint density at radius 3 is 2.39 bits per heavy atom. The van der Waals surface area contributed by atoms with Crippen molar-refractivity contribution >= 4 is 5.91 Å². The van der Waals surface area contributed by atoms with E-state index >= 15 is 0 Å². The Balaban J connectivity index is 1.78. The summed E-state index contributed by atoms with van der Waals surface area (Å²) in [5.74, 6) is 0.238. The van der Waals surface area contributed by atoms with Gasteiger partial charge in [-0.05, 0) is 19.8 Å². The summed E-state index contributed by atoms with van der Waals surface area (Å²) in [5.41, 5.74) is 0. The molecule has 0 radical (unpaired) electrons. The lowest BCUT2D eigenvalue weighted by Gasteiger charge is -2.31. The lowest BCUT2D eigenvalue weighted by Crippen LogP contribution is -2.51. The normalized spacial score (nSPS) is 24.6. The van der Waals surface area contributed by atoms with Crippen molar-refractivity contribution < 1.29 is 9.53 Å². The smallest absolute Gasteiger partial charge is 0.239 e. The maximum absolute atomic E-state index is 12.3. The highest BCUT2D eigenvalue weighted by molar-refractivity contribution is 5.81. The van der Waals surface area contributed by atoms with Crippen molar-refractivity contribution in [1.82, 2.24) is 10.2 Å². The average molecular weight is 254 g/mol. The van der Waals surface area contributed by atoms with Gasteiger partial charge in [0.2, 0.25) is 5.91 Å². The Morgan fingerprint density at radius 1 is 1.17 bits per heavy atom. The van der Waals surface area contributed by atoms with Crippen LogP contribution in [-0.4, -0.2) is 49.2 Å². The van der Waals surface area contributed by atoms with E-state index < -0.39 is 0 Å². The topological polar surface area (TPSA) is 41.6 Å². The number of nitrogens with zero attached hydrogens (tertiary/aromatic N) is 1. The molecule has 1 unspecified atom stereocenters. The Labute approximate surface area is 110 Å². The van der Waals surface area contributed by atoms with E-state index in [0.717, 1.165) is 13.1 Å². The molecule has 2 aliphatic rings. The minimum absolute atomic E-state index is 0.0498. The van der Waals surface area contributed by atoms with E-state index in [9.17, 15) is 4.79 Å². The van der Waals surface area contributed by atoms with Gasteiger partial charge in [0.15, 0.2) is 0 Å². The first-order valence-electron chi connectivity index (χ1n) is 7.40. The minimum Gasteiger partial charge on any atom is -0.378 e. The molecule has 0 aromatic rings. The van der Waals surface area contributed by atoms with Crippen LogP contribution in [0.2, 0.25) is 0 Å². The SMILES string of the molecule is CC(NC1CCCCCC1)C(=O)N1CCOCC1. The zero-order chi connectivity index (χ0) is 12.8. The van der Waals surface area contributed by atoms with Crippen LogP contribution in [0.5, 0.6) is 0 Å². The van der Waals surface area contributed by atoms with Gasteiger partial charge in [-0.2, -0.15) is 0 Å². The Bertz CT molecular complexity index is 257. The number of nitrogens with one attached hydrogen (secondary N) is 1. The van der Waals surface area contributed by atoms with Gasteiger partial charge in [0.05, 0.1) is 19.3 Å². The number of hydrogen-bond donors (Lipinski definition) is 1. The molecule has 0 spiro atoms. The molecule has 1 saturated heterocycles. The third-order valence-electron chi connectivity index (χ3n) is 4.03. The molecule has 1 heterocycles. The molecule has 1 N–H and O–H groups in total. The van der Waals surface area contributed by atoms with Gasteiger partial charge in [0.25, 0.3) is 0 Å². The second-order valence-corrected chi connectivity index (χ2v) is 5.51. The summed E-state index contributed by atoms with van der Waals surface area (Å²) in [6.45, 7) is 4.86. The molecule has 4 nitrogen and oxygen atoms in total. The van der Waals surface area contributed by atoms with Crippen molar-refractivity contribution in [2.24, 2.45) is 0 Å². The third-order valence-corrected chi connectivity index (χ3v) is 4.03. The molecular weight excluding hydrogens is 228 g/mol. The number of carbonyl (C=O) groups is 1. The van der Waals surface area contributed by atoms with Crippen LogP contribution in [0, 0.1) is 0 Å². The minimum atomic E-state index is -0.0498. The molecule has 104 valence electrons. The first-order valence-corrected chi connectivity index (χ1v) is 7.40. The predicted molar refractivity (Wildman–Crippen MR) is 71.5 cm³/mol. The third kappa shape index (κ3) is 3.95. The first-order chi connectivity index (χ1) is 8.77. The number of hydrogen-bond acceptors (Lipinski definition) is 3. The summed E-state index contributed by atoms with van der Waals surface area (Å²) in [7, 11) is 0. The van der Waals surface area contributed by atoms with Crippen molar-refractivity contribution in [3.63, 3.8) is 0 Å². The van der Waals surface area contributed by atoms with E-state index in [2.05, 4.69) is 5.32 Å². The molecule has 4 heteroatoms. The lowest BCUT2D eigenvalue weighted by molar-refractivity contribution is -0.137. The number of carbonyl (C=O) groups excluding carboxylic acids is 1. The highest BCUT2D eigenvalue weighted by atomic mass is 16.5. The van der Waals surface area contributed by atoms with Crippen molar-refractivity contribution in [3.05, 3.63) is 0 Å². The van der Waals surface area contributed by atoms with E-state index in [-0.39, 0.29) is 11.9 Å². The summed E-state index contributed by atoms with van der Waals surface area (Å²) in [5, 5.41) is 3.52. The van der Waals surface area contributed by atoms with E-state index in [1.54, 1.807) is 0 Å². The summed E-state index contributed by atoms with van der Waals surface area (Å²) >= 11 is 0. The van der Waals surface area contributed by atoms with Crippen molar-refractivity contribution in [3.8, 4) is 0 Å². The van der Waals surface area contributed by atoms with E-state index in [0.29, 0.717) is 19.3 Å². The van der Waals surface area contributed by atoms with Crippen LogP contribution in [0.4, 0.5) is 0 Å². The van der Waals surface area contributed by atoms with Gasteiger partial charge in [-0.3, -0.25) is 4.79 Å². The number of ether oxygens (including phenoxy) is 1. The fourth-order valence-corrected chi connectivity index (χ4v) is 2.93. The van der Waals surface area contributed by atoms with E-state index in [1.807, 2.05) is 11.8 Å². The lowest BCUT2D eigenvalue weighted by atomic mass is 10.1. The van der Waals surface area contributed by atoms with Gasteiger partial charge in [-0.1, -0.05) is 25.7 Å². The summed E-state index contributed by atoms with van der Waals surface area (Å²) in [6, 6.07) is 0.485. The molecule has 1 aliphatic carbocycles. The largest absolute Gasteiger partial charge is 0.378 e. The average Bonchev–Trinajstić information content (AvgIpc) is 2.67. The van der Waals surface area contributed by atoms with Crippen LogP contribution in [0.25, 0.3) is 0 Å². The monoisotopic (exact) mass is 254 g/mol. The van der Waals surface area contributed by atoms with Gasteiger partial charge < -0.3 is 15.0 Å².